The highest BCUT2D eigenvalue weighted by molar-refractivity contribution is 5.95. The summed E-state index contributed by atoms with van der Waals surface area (Å²) in [6, 6.07) is 5.20. The summed E-state index contributed by atoms with van der Waals surface area (Å²) in [6.45, 7) is 8.76. The van der Waals surface area contributed by atoms with Gasteiger partial charge in [-0.05, 0) is 41.7 Å². The Balaban J connectivity index is 2.53. The molecule has 28 heavy (non-hydrogen) atoms. The molecule has 0 atom stereocenters. The minimum Gasteiger partial charge on any atom is -0.333 e. The van der Waals surface area contributed by atoms with Crippen molar-refractivity contribution in [3.05, 3.63) is 64.5 Å². The summed E-state index contributed by atoms with van der Waals surface area (Å²) < 4.78 is 54.4. The van der Waals surface area contributed by atoms with Gasteiger partial charge in [0.1, 0.15) is 11.3 Å². The molecule has 1 heterocycles. The molecule has 0 aliphatic rings. The lowest BCUT2D eigenvalue weighted by Gasteiger charge is -2.20. The summed E-state index contributed by atoms with van der Waals surface area (Å²) in [5, 5.41) is 0. The number of carbonyl (C=O) groups excluding carboxylic acids is 1. The Morgan fingerprint density at radius 2 is 1.71 bits per heavy atom. The summed E-state index contributed by atoms with van der Waals surface area (Å²) >= 11 is 0. The van der Waals surface area contributed by atoms with E-state index in [9.17, 15) is 22.4 Å². The minimum atomic E-state index is -4.67. The predicted octanol–water partition coefficient (Wildman–Crippen LogP) is 5.48. The van der Waals surface area contributed by atoms with E-state index in [1.807, 2.05) is 40.0 Å². The molecule has 2 rings (SSSR count). The number of rotatable bonds is 4. The van der Waals surface area contributed by atoms with Crippen molar-refractivity contribution >= 4 is 5.91 Å². The molecule has 2 aromatic rings. The van der Waals surface area contributed by atoms with E-state index in [1.165, 1.54) is 0 Å². The molecule has 0 aliphatic carbocycles. The third-order valence-corrected chi connectivity index (χ3v) is 4.36. The van der Waals surface area contributed by atoms with Gasteiger partial charge in [0.2, 0.25) is 0 Å². The average Bonchev–Trinajstić information content (AvgIpc) is 2.59. The van der Waals surface area contributed by atoms with Crippen LogP contribution in [0.4, 0.5) is 17.6 Å². The highest BCUT2D eigenvalue weighted by atomic mass is 19.4. The first-order valence-electron chi connectivity index (χ1n) is 9.10. The molecule has 1 amide bonds. The van der Waals surface area contributed by atoms with E-state index in [0.717, 1.165) is 18.4 Å². The monoisotopic (exact) mass is 396 g/mol. The van der Waals surface area contributed by atoms with E-state index in [1.54, 1.807) is 10.6 Å². The lowest BCUT2D eigenvalue weighted by molar-refractivity contribution is -0.137. The van der Waals surface area contributed by atoms with Crippen molar-refractivity contribution in [3.63, 3.8) is 0 Å². The predicted molar refractivity (Wildman–Crippen MR) is 99.3 cm³/mol. The van der Waals surface area contributed by atoms with Crippen LogP contribution in [0.15, 0.2) is 41.5 Å². The number of aromatic nitrogens is 1. The number of hydrogen-bond acceptors (Lipinski definition) is 1. The second-order valence-electron chi connectivity index (χ2n) is 7.68. The van der Waals surface area contributed by atoms with Crippen molar-refractivity contribution in [2.75, 3.05) is 0 Å². The van der Waals surface area contributed by atoms with Crippen LogP contribution in [0.25, 0.3) is 0 Å². The fraction of sp³-hybridized carbons (Fsp3) is 0.429. The van der Waals surface area contributed by atoms with Crippen LogP contribution in [0.5, 0.6) is 0 Å². The number of benzene rings is 1. The number of unbranched alkanes of at least 4 members (excludes halogenated alkanes) is 1. The van der Waals surface area contributed by atoms with Gasteiger partial charge in [-0.1, -0.05) is 40.2 Å². The van der Waals surface area contributed by atoms with Crippen LogP contribution in [0.1, 0.15) is 62.0 Å². The number of alkyl halides is 3. The average molecular weight is 396 g/mol. The first-order valence-corrected chi connectivity index (χ1v) is 9.10. The first kappa shape index (κ1) is 21.9. The van der Waals surface area contributed by atoms with Gasteiger partial charge in [-0.2, -0.15) is 18.2 Å². The van der Waals surface area contributed by atoms with Gasteiger partial charge in [-0.25, -0.2) is 4.39 Å². The van der Waals surface area contributed by atoms with Gasteiger partial charge in [0, 0.05) is 12.7 Å². The second kappa shape index (κ2) is 8.29. The molecule has 0 radical (unpaired) electrons. The molecule has 0 saturated carbocycles. The molecular formula is C21H24F4N2O. The summed E-state index contributed by atoms with van der Waals surface area (Å²) in [6.07, 6.45) is -1.03. The SMILES string of the molecule is CCCCn1cc(C(C)(C)C)cc/c1=N\C(=O)c1cc(C(F)(F)F)ccc1F. The van der Waals surface area contributed by atoms with Crippen molar-refractivity contribution in [2.24, 2.45) is 4.99 Å². The molecule has 1 aromatic heterocycles. The maximum atomic E-state index is 14.0. The Labute approximate surface area is 161 Å². The Hall–Kier alpha value is -2.44. The third-order valence-electron chi connectivity index (χ3n) is 4.36. The Morgan fingerprint density at radius 1 is 1.07 bits per heavy atom. The maximum absolute atomic E-state index is 14.0. The molecular weight excluding hydrogens is 372 g/mol. The molecule has 3 nitrogen and oxygen atoms in total. The zero-order chi connectivity index (χ0) is 21.1. The Bertz CT molecular complexity index is 921. The van der Waals surface area contributed by atoms with Crippen molar-refractivity contribution < 1.29 is 22.4 Å². The van der Waals surface area contributed by atoms with E-state index in [0.29, 0.717) is 24.7 Å². The van der Waals surface area contributed by atoms with Gasteiger partial charge < -0.3 is 4.57 Å². The quantitative estimate of drug-likeness (QED) is 0.630. The third kappa shape index (κ3) is 5.30. The number of halogens is 4. The number of aryl methyl sites for hydroxylation is 1. The lowest BCUT2D eigenvalue weighted by Crippen LogP contribution is -2.25. The molecule has 0 N–H and O–H groups in total. The van der Waals surface area contributed by atoms with E-state index in [4.69, 9.17) is 0 Å². The minimum absolute atomic E-state index is 0.121. The molecule has 152 valence electrons. The first-order chi connectivity index (χ1) is 12.9. The Morgan fingerprint density at radius 3 is 2.29 bits per heavy atom. The zero-order valence-electron chi connectivity index (χ0n) is 16.4. The van der Waals surface area contributed by atoms with Gasteiger partial charge >= 0.3 is 6.18 Å². The van der Waals surface area contributed by atoms with Crippen LogP contribution >= 0.6 is 0 Å². The van der Waals surface area contributed by atoms with E-state index >= 15 is 0 Å². The highest BCUT2D eigenvalue weighted by Crippen LogP contribution is 2.30. The Kier molecular flexibility index (Phi) is 6.47. The van der Waals surface area contributed by atoms with Gasteiger partial charge in [0.05, 0.1) is 11.1 Å². The fourth-order valence-corrected chi connectivity index (χ4v) is 2.62. The fourth-order valence-electron chi connectivity index (χ4n) is 2.62. The van der Waals surface area contributed by atoms with Crippen molar-refractivity contribution in [3.8, 4) is 0 Å². The number of carbonyl (C=O) groups is 1. The van der Waals surface area contributed by atoms with Crippen molar-refractivity contribution in [1.82, 2.24) is 4.57 Å². The van der Waals surface area contributed by atoms with Crippen molar-refractivity contribution in [1.29, 1.82) is 0 Å². The summed E-state index contributed by atoms with van der Waals surface area (Å²) in [7, 11) is 0. The molecule has 0 bridgehead atoms. The standard InChI is InChI=1S/C21H24F4N2O/c1-5-6-11-27-13-15(20(2,3)4)8-10-18(27)26-19(28)16-12-14(21(23,24)25)7-9-17(16)22/h7-10,12-13H,5-6,11H2,1-4H3/b26-18+. The lowest BCUT2D eigenvalue weighted by atomic mass is 9.88. The summed E-state index contributed by atoms with van der Waals surface area (Å²) in [5.41, 5.74) is -0.599. The number of pyridine rings is 1. The largest absolute Gasteiger partial charge is 0.416 e. The molecule has 1 aromatic carbocycles. The molecule has 7 heteroatoms. The van der Waals surface area contributed by atoms with Gasteiger partial charge in [0.15, 0.2) is 0 Å². The summed E-state index contributed by atoms with van der Waals surface area (Å²) in [5.74, 6) is -2.08. The van der Waals surface area contributed by atoms with Crippen LogP contribution in [0.3, 0.4) is 0 Å². The van der Waals surface area contributed by atoms with Crippen LogP contribution in [0, 0.1) is 5.82 Å². The van der Waals surface area contributed by atoms with Crippen molar-refractivity contribution in [2.45, 2.75) is 58.7 Å². The van der Waals surface area contributed by atoms with Gasteiger partial charge in [-0.3, -0.25) is 4.79 Å². The smallest absolute Gasteiger partial charge is 0.333 e. The topological polar surface area (TPSA) is 34.4 Å². The molecule has 0 aliphatic heterocycles. The van der Waals surface area contributed by atoms with Crippen LogP contribution < -0.4 is 5.49 Å². The van der Waals surface area contributed by atoms with Gasteiger partial charge in [0.25, 0.3) is 5.91 Å². The molecule has 0 fully saturated rings. The molecule has 0 saturated heterocycles. The molecule has 0 unspecified atom stereocenters. The highest BCUT2D eigenvalue weighted by Gasteiger charge is 2.32. The van der Waals surface area contributed by atoms with E-state index in [-0.39, 0.29) is 10.9 Å². The number of amides is 1. The van der Waals surface area contributed by atoms with E-state index in [2.05, 4.69) is 4.99 Å². The zero-order valence-corrected chi connectivity index (χ0v) is 16.4. The van der Waals surface area contributed by atoms with Crippen LogP contribution in [-0.2, 0) is 18.1 Å². The van der Waals surface area contributed by atoms with Gasteiger partial charge in [-0.15, -0.1) is 0 Å². The normalized spacial score (nSPS) is 13.1. The number of nitrogens with zero attached hydrogens (tertiary/aromatic N) is 2. The maximum Gasteiger partial charge on any atom is 0.416 e. The molecule has 0 spiro atoms. The van der Waals surface area contributed by atoms with Crippen LogP contribution in [0.2, 0.25) is 0 Å². The summed E-state index contributed by atoms with van der Waals surface area (Å²) in [4.78, 5) is 16.3. The van der Waals surface area contributed by atoms with E-state index < -0.39 is 29.0 Å². The second-order valence-corrected chi connectivity index (χ2v) is 7.68. The van der Waals surface area contributed by atoms with Crippen LogP contribution in [-0.4, -0.2) is 10.5 Å². The number of hydrogen-bond donors (Lipinski definition) is 0.